The summed E-state index contributed by atoms with van der Waals surface area (Å²) in [4.78, 5) is 32.0. The lowest BCUT2D eigenvalue weighted by atomic mass is 10.2. The van der Waals surface area contributed by atoms with E-state index in [-0.39, 0.29) is 18.0 Å². The van der Waals surface area contributed by atoms with Crippen molar-refractivity contribution in [2.24, 2.45) is 0 Å². The third-order valence-electron chi connectivity index (χ3n) is 3.00. The molecule has 0 saturated carbocycles. The summed E-state index contributed by atoms with van der Waals surface area (Å²) < 4.78 is 1.13. The number of hydrogen-bond donors (Lipinski definition) is 1. The third-order valence-corrected chi connectivity index (χ3v) is 3.88. The van der Waals surface area contributed by atoms with Crippen LogP contribution in [0.1, 0.15) is 5.69 Å². The fraction of sp³-hybridized carbons (Fsp3) is 0.133. The van der Waals surface area contributed by atoms with Crippen molar-refractivity contribution in [3.63, 3.8) is 0 Å². The van der Waals surface area contributed by atoms with Crippen LogP contribution in [0.2, 0.25) is 0 Å². The summed E-state index contributed by atoms with van der Waals surface area (Å²) in [5, 5.41) is 9.23. The van der Waals surface area contributed by atoms with Crippen LogP contribution in [-0.4, -0.2) is 25.7 Å². The Hall–Kier alpha value is -2.87. The van der Waals surface area contributed by atoms with E-state index in [2.05, 4.69) is 20.4 Å². The van der Waals surface area contributed by atoms with Gasteiger partial charge in [0.2, 0.25) is 5.91 Å². The molecule has 3 heterocycles. The number of thiazole rings is 1. The Morgan fingerprint density at radius 2 is 2.04 bits per heavy atom. The molecule has 1 amide bonds. The van der Waals surface area contributed by atoms with Crippen LogP contribution >= 0.6 is 11.3 Å². The molecule has 8 heteroatoms. The minimum absolute atomic E-state index is 0.170. The lowest BCUT2D eigenvalue weighted by Gasteiger charge is -2.06. The standard InChI is InChI=1S/C15H13N5O2S/c1-10-9-23-15(17-10)18-13(21)8-20-14(22)3-2-12(19-20)11-4-6-16-7-5-11/h2-7,9H,8H2,1H3,(H,17,18,21). The van der Waals surface area contributed by atoms with Gasteiger partial charge in [0.15, 0.2) is 5.13 Å². The number of amides is 1. The largest absolute Gasteiger partial charge is 0.300 e. The Morgan fingerprint density at radius 3 is 2.74 bits per heavy atom. The predicted octanol–water partition coefficient (Wildman–Crippen LogP) is 1.71. The van der Waals surface area contributed by atoms with Gasteiger partial charge in [0.25, 0.3) is 5.56 Å². The SMILES string of the molecule is Cc1csc(NC(=O)Cn2nc(-c3ccncc3)ccc2=O)n1. The van der Waals surface area contributed by atoms with Crippen molar-refractivity contribution in [1.29, 1.82) is 0 Å². The van der Waals surface area contributed by atoms with E-state index in [0.29, 0.717) is 10.8 Å². The van der Waals surface area contributed by atoms with Gasteiger partial charge in [0.1, 0.15) is 6.54 Å². The second-order valence-corrected chi connectivity index (χ2v) is 5.65. The first-order valence-corrected chi connectivity index (χ1v) is 7.70. The average molecular weight is 327 g/mol. The number of nitrogens with one attached hydrogen (secondary N) is 1. The van der Waals surface area contributed by atoms with Gasteiger partial charge < -0.3 is 5.32 Å². The molecule has 3 aromatic rings. The molecule has 0 saturated heterocycles. The summed E-state index contributed by atoms with van der Waals surface area (Å²) in [6.07, 6.45) is 3.29. The number of anilines is 1. The highest BCUT2D eigenvalue weighted by molar-refractivity contribution is 7.13. The zero-order chi connectivity index (χ0) is 16.2. The molecular weight excluding hydrogens is 314 g/mol. The minimum atomic E-state index is -0.346. The molecule has 0 aromatic carbocycles. The highest BCUT2D eigenvalue weighted by atomic mass is 32.1. The van der Waals surface area contributed by atoms with Gasteiger partial charge >= 0.3 is 0 Å². The van der Waals surface area contributed by atoms with E-state index in [0.717, 1.165) is 15.9 Å². The van der Waals surface area contributed by atoms with Crippen LogP contribution in [0.3, 0.4) is 0 Å². The fourth-order valence-electron chi connectivity index (χ4n) is 1.95. The molecule has 1 N–H and O–H groups in total. The van der Waals surface area contributed by atoms with Gasteiger partial charge in [-0.05, 0) is 25.1 Å². The quantitative estimate of drug-likeness (QED) is 0.788. The highest BCUT2D eigenvalue weighted by Gasteiger charge is 2.09. The van der Waals surface area contributed by atoms with Gasteiger partial charge in [0, 0.05) is 29.4 Å². The summed E-state index contributed by atoms with van der Waals surface area (Å²) in [7, 11) is 0. The Kier molecular flexibility index (Phi) is 4.24. The molecule has 116 valence electrons. The second kappa shape index (κ2) is 6.49. The molecule has 3 rings (SSSR count). The van der Waals surface area contributed by atoms with Crippen LogP contribution in [0.4, 0.5) is 5.13 Å². The predicted molar refractivity (Wildman–Crippen MR) is 87.2 cm³/mol. The summed E-state index contributed by atoms with van der Waals surface area (Å²) in [6.45, 7) is 1.67. The number of carbonyl (C=O) groups excluding carboxylic acids is 1. The van der Waals surface area contributed by atoms with Crippen molar-refractivity contribution in [3.05, 3.63) is 58.1 Å². The van der Waals surface area contributed by atoms with Crippen LogP contribution in [0.5, 0.6) is 0 Å². The smallest absolute Gasteiger partial charge is 0.267 e. The van der Waals surface area contributed by atoms with Gasteiger partial charge in [-0.3, -0.25) is 14.6 Å². The molecule has 0 atom stereocenters. The molecule has 7 nitrogen and oxygen atoms in total. The monoisotopic (exact) mass is 327 g/mol. The van der Waals surface area contributed by atoms with E-state index >= 15 is 0 Å². The summed E-state index contributed by atoms with van der Waals surface area (Å²) >= 11 is 1.33. The highest BCUT2D eigenvalue weighted by Crippen LogP contribution is 2.15. The van der Waals surface area contributed by atoms with Gasteiger partial charge in [-0.25, -0.2) is 9.67 Å². The first-order valence-electron chi connectivity index (χ1n) is 6.82. The number of rotatable bonds is 4. The third kappa shape index (κ3) is 3.67. The normalized spacial score (nSPS) is 10.5. The van der Waals surface area contributed by atoms with E-state index in [9.17, 15) is 9.59 Å². The number of nitrogens with zero attached hydrogens (tertiary/aromatic N) is 4. The molecule has 0 aliphatic rings. The Balaban J connectivity index is 1.79. The molecule has 0 unspecified atom stereocenters. The number of pyridine rings is 1. The van der Waals surface area contributed by atoms with Crippen LogP contribution in [0.15, 0.2) is 46.8 Å². The second-order valence-electron chi connectivity index (χ2n) is 4.79. The van der Waals surface area contributed by atoms with E-state index in [1.54, 1.807) is 30.6 Å². The lowest BCUT2D eigenvalue weighted by Crippen LogP contribution is -2.29. The zero-order valence-electron chi connectivity index (χ0n) is 12.3. The van der Waals surface area contributed by atoms with Crippen molar-refractivity contribution in [3.8, 4) is 11.3 Å². The van der Waals surface area contributed by atoms with Crippen molar-refractivity contribution in [2.75, 3.05) is 5.32 Å². The maximum Gasteiger partial charge on any atom is 0.267 e. The maximum atomic E-state index is 12.0. The molecule has 0 fully saturated rings. The molecule has 0 aliphatic carbocycles. The van der Waals surface area contributed by atoms with Crippen LogP contribution in [-0.2, 0) is 11.3 Å². The number of hydrogen-bond acceptors (Lipinski definition) is 6. The summed E-state index contributed by atoms with van der Waals surface area (Å²) in [6, 6.07) is 6.59. The first kappa shape index (κ1) is 15.0. The number of aryl methyl sites for hydroxylation is 1. The average Bonchev–Trinajstić information content (AvgIpc) is 2.95. The van der Waals surface area contributed by atoms with Gasteiger partial charge in [-0.15, -0.1) is 11.3 Å². The molecule has 0 bridgehead atoms. The molecule has 3 aromatic heterocycles. The Labute approximate surface area is 135 Å². The van der Waals surface area contributed by atoms with Crippen LogP contribution in [0.25, 0.3) is 11.3 Å². The van der Waals surface area contributed by atoms with E-state index in [1.807, 2.05) is 12.3 Å². The van der Waals surface area contributed by atoms with Crippen LogP contribution < -0.4 is 10.9 Å². The van der Waals surface area contributed by atoms with Crippen molar-refractivity contribution < 1.29 is 4.79 Å². The van der Waals surface area contributed by atoms with E-state index < -0.39 is 0 Å². The molecule has 0 radical (unpaired) electrons. The molecular formula is C15H13N5O2S. The molecule has 23 heavy (non-hydrogen) atoms. The number of aromatic nitrogens is 4. The summed E-state index contributed by atoms with van der Waals surface area (Å²) in [5.41, 5.74) is 1.92. The maximum absolute atomic E-state index is 12.0. The Bertz CT molecular complexity index is 888. The molecule has 0 aliphatic heterocycles. The minimum Gasteiger partial charge on any atom is -0.300 e. The Morgan fingerprint density at radius 1 is 1.26 bits per heavy atom. The van der Waals surface area contributed by atoms with E-state index in [1.165, 1.54) is 17.4 Å². The summed E-state index contributed by atoms with van der Waals surface area (Å²) in [5.74, 6) is -0.346. The topological polar surface area (TPSA) is 89.8 Å². The molecule has 0 spiro atoms. The van der Waals surface area contributed by atoms with Crippen molar-refractivity contribution in [2.45, 2.75) is 13.5 Å². The van der Waals surface area contributed by atoms with Crippen LogP contribution in [0, 0.1) is 6.92 Å². The lowest BCUT2D eigenvalue weighted by molar-refractivity contribution is -0.117. The zero-order valence-corrected chi connectivity index (χ0v) is 13.1. The van der Waals surface area contributed by atoms with Crippen molar-refractivity contribution in [1.82, 2.24) is 19.7 Å². The number of carbonyl (C=O) groups is 1. The van der Waals surface area contributed by atoms with Gasteiger partial charge in [0.05, 0.1) is 11.4 Å². The van der Waals surface area contributed by atoms with Crippen molar-refractivity contribution >= 4 is 22.4 Å². The van der Waals surface area contributed by atoms with Gasteiger partial charge in [-0.2, -0.15) is 5.10 Å². The fourth-order valence-corrected chi connectivity index (χ4v) is 2.65. The first-order chi connectivity index (χ1) is 11.1. The van der Waals surface area contributed by atoms with E-state index in [4.69, 9.17) is 0 Å². The van der Waals surface area contributed by atoms with Gasteiger partial charge in [-0.1, -0.05) is 0 Å².